The van der Waals surface area contributed by atoms with Crippen molar-refractivity contribution in [2.75, 3.05) is 5.75 Å². The molecule has 4 aromatic rings. The Labute approximate surface area is 178 Å². The molecular formula is C19H11Cl2N3O2S2. The SMILES string of the molecule is O=C(CSc1nc2ncsc2c(=O)n1-c1ccc(Cl)cc1)c1ccc(Cl)cc1. The van der Waals surface area contributed by atoms with Crippen LogP contribution in [0, 0.1) is 0 Å². The molecule has 2 aromatic carbocycles. The molecule has 28 heavy (non-hydrogen) atoms. The summed E-state index contributed by atoms with van der Waals surface area (Å²) in [4.78, 5) is 34.1. The van der Waals surface area contributed by atoms with Gasteiger partial charge in [0.25, 0.3) is 5.56 Å². The van der Waals surface area contributed by atoms with Crippen molar-refractivity contribution in [2.45, 2.75) is 5.16 Å². The summed E-state index contributed by atoms with van der Waals surface area (Å²) in [6.45, 7) is 0. The predicted octanol–water partition coefficient (Wildman–Crippen LogP) is 5.12. The number of halogens is 2. The number of carbonyl (C=O) groups excluding carboxylic acids is 1. The van der Waals surface area contributed by atoms with Crippen molar-refractivity contribution in [1.29, 1.82) is 0 Å². The van der Waals surface area contributed by atoms with Gasteiger partial charge in [-0.05, 0) is 48.5 Å². The first-order valence-electron chi connectivity index (χ1n) is 8.06. The van der Waals surface area contributed by atoms with Crippen molar-refractivity contribution in [3.63, 3.8) is 0 Å². The second-order valence-electron chi connectivity index (χ2n) is 5.74. The highest BCUT2D eigenvalue weighted by Gasteiger charge is 2.17. The van der Waals surface area contributed by atoms with E-state index in [1.54, 1.807) is 54.0 Å². The maximum atomic E-state index is 13.0. The van der Waals surface area contributed by atoms with Crippen LogP contribution in [0.1, 0.15) is 10.4 Å². The van der Waals surface area contributed by atoms with E-state index in [2.05, 4.69) is 9.97 Å². The van der Waals surface area contributed by atoms with Gasteiger partial charge in [-0.2, -0.15) is 0 Å². The summed E-state index contributed by atoms with van der Waals surface area (Å²) < 4.78 is 1.94. The number of thiazole rings is 1. The second-order valence-corrected chi connectivity index (χ2v) is 8.41. The molecule has 0 saturated heterocycles. The van der Waals surface area contributed by atoms with Crippen molar-refractivity contribution in [3.05, 3.63) is 80.0 Å². The number of hydrogen-bond acceptors (Lipinski definition) is 6. The van der Waals surface area contributed by atoms with Crippen LogP contribution in [0.2, 0.25) is 10.0 Å². The fourth-order valence-corrected chi connectivity index (χ4v) is 4.36. The topological polar surface area (TPSA) is 64.8 Å². The number of aromatic nitrogens is 3. The summed E-state index contributed by atoms with van der Waals surface area (Å²) in [7, 11) is 0. The molecule has 4 rings (SSSR count). The smallest absolute Gasteiger partial charge is 0.278 e. The van der Waals surface area contributed by atoms with Crippen LogP contribution in [0.5, 0.6) is 0 Å². The Hall–Kier alpha value is -2.19. The lowest BCUT2D eigenvalue weighted by Crippen LogP contribution is -2.21. The Bertz CT molecular complexity index is 1220. The molecule has 2 aromatic heterocycles. The Morgan fingerprint density at radius 3 is 2.36 bits per heavy atom. The molecule has 0 bridgehead atoms. The van der Waals surface area contributed by atoms with E-state index in [1.807, 2.05) is 0 Å². The third-order valence-corrected chi connectivity index (χ3v) is 6.17. The highest BCUT2D eigenvalue weighted by Crippen LogP contribution is 2.24. The van der Waals surface area contributed by atoms with Gasteiger partial charge in [-0.15, -0.1) is 11.3 Å². The molecule has 0 N–H and O–H groups in total. The van der Waals surface area contributed by atoms with Gasteiger partial charge in [0.05, 0.1) is 17.0 Å². The zero-order chi connectivity index (χ0) is 19.7. The summed E-state index contributed by atoms with van der Waals surface area (Å²) in [6.07, 6.45) is 0. The molecule has 2 heterocycles. The van der Waals surface area contributed by atoms with E-state index in [0.29, 0.717) is 36.8 Å². The minimum absolute atomic E-state index is 0.0862. The molecule has 0 amide bonds. The fourth-order valence-electron chi connectivity index (χ4n) is 2.56. The lowest BCUT2D eigenvalue weighted by molar-refractivity contribution is 0.102. The number of Topliss-reactive ketones (excluding diaryl/α,β-unsaturated/α-hetero) is 1. The summed E-state index contributed by atoms with van der Waals surface area (Å²) in [5.74, 6) is 0.0362. The quantitative estimate of drug-likeness (QED) is 0.241. The van der Waals surface area contributed by atoms with E-state index >= 15 is 0 Å². The van der Waals surface area contributed by atoms with E-state index in [0.717, 1.165) is 0 Å². The minimum Gasteiger partial charge on any atom is -0.293 e. The van der Waals surface area contributed by atoms with Crippen molar-refractivity contribution in [2.24, 2.45) is 0 Å². The molecule has 0 aliphatic rings. The van der Waals surface area contributed by atoms with Crippen molar-refractivity contribution >= 4 is 62.4 Å². The highest BCUT2D eigenvalue weighted by atomic mass is 35.5. The van der Waals surface area contributed by atoms with Gasteiger partial charge in [0.2, 0.25) is 0 Å². The van der Waals surface area contributed by atoms with Crippen LogP contribution in [0.25, 0.3) is 16.0 Å². The largest absolute Gasteiger partial charge is 0.293 e. The molecule has 0 atom stereocenters. The zero-order valence-corrected chi connectivity index (χ0v) is 17.3. The third-order valence-electron chi connectivity index (χ3n) is 3.92. The van der Waals surface area contributed by atoms with E-state index in [-0.39, 0.29) is 17.1 Å². The van der Waals surface area contributed by atoms with Gasteiger partial charge in [0.15, 0.2) is 16.6 Å². The van der Waals surface area contributed by atoms with Crippen molar-refractivity contribution < 1.29 is 4.79 Å². The predicted molar refractivity (Wildman–Crippen MR) is 115 cm³/mol. The number of nitrogens with zero attached hydrogens (tertiary/aromatic N) is 3. The average Bonchev–Trinajstić information content (AvgIpc) is 3.17. The van der Waals surface area contributed by atoms with Gasteiger partial charge in [-0.25, -0.2) is 9.97 Å². The van der Waals surface area contributed by atoms with Crippen LogP contribution < -0.4 is 5.56 Å². The van der Waals surface area contributed by atoms with E-state index in [4.69, 9.17) is 23.2 Å². The monoisotopic (exact) mass is 447 g/mol. The first kappa shape index (κ1) is 19.1. The Morgan fingerprint density at radius 2 is 1.68 bits per heavy atom. The number of ketones is 1. The number of fused-ring (bicyclic) bond motifs is 1. The van der Waals surface area contributed by atoms with Gasteiger partial charge in [-0.3, -0.25) is 14.2 Å². The van der Waals surface area contributed by atoms with Gasteiger partial charge in [-0.1, -0.05) is 35.0 Å². The molecule has 0 aliphatic heterocycles. The number of thioether (sulfide) groups is 1. The first-order valence-corrected chi connectivity index (χ1v) is 10.7. The van der Waals surface area contributed by atoms with E-state index < -0.39 is 0 Å². The van der Waals surface area contributed by atoms with E-state index in [9.17, 15) is 9.59 Å². The zero-order valence-electron chi connectivity index (χ0n) is 14.1. The van der Waals surface area contributed by atoms with Gasteiger partial charge in [0.1, 0.15) is 4.70 Å². The molecule has 5 nitrogen and oxygen atoms in total. The van der Waals surface area contributed by atoms with Gasteiger partial charge >= 0.3 is 0 Å². The maximum absolute atomic E-state index is 13.0. The normalized spacial score (nSPS) is 11.1. The second kappa shape index (κ2) is 8.05. The van der Waals surface area contributed by atoms with Crippen LogP contribution in [0.15, 0.2) is 64.0 Å². The number of rotatable bonds is 5. The highest BCUT2D eigenvalue weighted by molar-refractivity contribution is 7.99. The Balaban J connectivity index is 1.72. The van der Waals surface area contributed by atoms with Crippen LogP contribution >= 0.6 is 46.3 Å². The van der Waals surface area contributed by atoms with Crippen LogP contribution in [-0.2, 0) is 0 Å². The molecule has 0 aliphatic carbocycles. The first-order chi connectivity index (χ1) is 13.5. The van der Waals surface area contributed by atoms with Crippen LogP contribution in [0.3, 0.4) is 0 Å². The minimum atomic E-state index is -0.226. The molecule has 0 radical (unpaired) electrons. The fraction of sp³-hybridized carbons (Fsp3) is 0.0526. The summed E-state index contributed by atoms with van der Waals surface area (Å²) >= 11 is 14.3. The molecule has 0 fully saturated rings. The molecule has 140 valence electrons. The number of hydrogen-bond donors (Lipinski definition) is 0. The lowest BCUT2D eigenvalue weighted by Gasteiger charge is -2.11. The summed E-state index contributed by atoms with van der Waals surface area (Å²) in [6, 6.07) is 13.6. The van der Waals surface area contributed by atoms with Gasteiger partial charge in [0, 0.05) is 15.6 Å². The average molecular weight is 448 g/mol. The molecule has 0 saturated carbocycles. The lowest BCUT2D eigenvalue weighted by atomic mass is 10.1. The molecule has 0 spiro atoms. The maximum Gasteiger partial charge on any atom is 0.278 e. The summed E-state index contributed by atoms with van der Waals surface area (Å²) in [5.41, 5.74) is 2.90. The standard InChI is InChI=1S/C19H11Cl2N3O2S2/c20-12-3-1-11(2-4-12)15(25)9-27-19-23-17-16(28-10-22-17)18(26)24(19)14-7-5-13(21)6-8-14/h1-8,10H,9H2. The van der Waals surface area contributed by atoms with Gasteiger partial charge < -0.3 is 0 Å². The Morgan fingerprint density at radius 1 is 1.04 bits per heavy atom. The van der Waals surface area contributed by atoms with Crippen molar-refractivity contribution in [1.82, 2.24) is 14.5 Å². The molecular weight excluding hydrogens is 437 g/mol. The third kappa shape index (κ3) is 3.84. The molecule has 0 unspecified atom stereocenters. The number of benzene rings is 2. The molecule has 9 heteroatoms. The van der Waals surface area contributed by atoms with Crippen LogP contribution in [0.4, 0.5) is 0 Å². The Kier molecular flexibility index (Phi) is 5.50. The van der Waals surface area contributed by atoms with Crippen LogP contribution in [-0.4, -0.2) is 26.1 Å². The van der Waals surface area contributed by atoms with Crippen molar-refractivity contribution in [3.8, 4) is 5.69 Å². The van der Waals surface area contributed by atoms with E-state index in [1.165, 1.54) is 27.7 Å². The summed E-state index contributed by atoms with van der Waals surface area (Å²) in [5, 5.41) is 1.53. The number of carbonyl (C=O) groups is 1.